The minimum atomic E-state index is 0.489. The van der Waals surface area contributed by atoms with E-state index < -0.39 is 0 Å². The largest absolute Gasteiger partial charge is 0.369 e. The van der Waals surface area contributed by atoms with Gasteiger partial charge in [-0.05, 0) is 76.3 Å². The lowest BCUT2D eigenvalue weighted by atomic mass is 10.2. The molecular formula is C19H25N3S. The van der Waals surface area contributed by atoms with Crippen molar-refractivity contribution in [2.75, 3.05) is 22.1 Å². The molecule has 2 rings (SSSR count). The van der Waals surface area contributed by atoms with E-state index >= 15 is 0 Å². The molecule has 0 heterocycles. The number of nitrogens with one attached hydrogen (secondary N) is 2. The van der Waals surface area contributed by atoms with Gasteiger partial charge in [0.1, 0.15) is 0 Å². The average Bonchev–Trinajstić information content (AvgIpc) is 2.51. The molecule has 0 aliphatic rings. The van der Waals surface area contributed by atoms with Gasteiger partial charge in [-0.3, -0.25) is 0 Å². The van der Waals surface area contributed by atoms with Crippen molar-refractivity contribution >= 4 is 34.4 Å². The molecule has 0 bridgehead atoms. The number of hydrogen-bond acceptors (Lipinski definition) is 2. The van der Waals surface area contributed by atoms with Gasteiger partial charge in [0.15, 0.2) is 5.11 Å². The van der Waals surface area contributed by atoms with Crippen molar-refractivity contribution in [3.05, 3.63) is 54.1 Å². The highest BCUT2D eigenvalue weighted by atomic mass is 32.1. The van der Waals surface area contributed by atoms with Crippen LogP contribution < -0.4 is 15.5 Å². The first-order chi connectivity index (χ1) is 11.0. The molecule has 0 aliphatic carbocycles. The van der Waals surface area contributed by atoms with Gasteiger partial charge in [0.2, 0.25) is 0 Å². The van der Waals surface area contributed by atoms with Crippen LogP contribution >= 0.6 is 12.2 Å². The lowest BCUT2D eigenvalue weighted by Crippen LogP contribution is -2.30. The fourth-order valence-corrected chi connectivity index (χ4v) is 2.75. The minimum Gasteiger partial charge on any atom is -0.369 e. The zero-order valence-electron chi connectivity index (χ0n) is 14.3. The molecule has 122 valence electrons. The Bertz CT molecular complexity index is 633. The number of aryl methyl sites for hydroxylation is 1. The Morgan fingerprint density at radius 2 is 1.43 bits per heavy atom. The van der Waals surface area contributed by atoms with E-state index in [1.165, 1.54) is 11.3 Å². The van der Waals surface area contributed by atoms with E-state index in [1.54, 1.807) is 0 Å². The highest BCUT2D eigenvalue weighted by Crippen LogP contribution is 2.20. The van der Waals surface area contributed by atoms with Crippen molar-refractivity contribution in [1.29, 1.82) is 0 Å². The fraction of sp³-hybridized carbons (Fsp3) is 0.316. The topological polar surface area (TPSA) is 27.3 Å². The molecule has 4 heteroatoms. The molecule has 0 saturated heterocycles. The molecule has 3 nitrogen and oxygen atoms in total. The van der Waals surface area contributed by atoms with Gasteiger partial charge in [-0.2, -0.15) is 0 Å². The van der Waals surface area contributed by atoms with E-state index in [4.69, 9.17) is 12.2 Å². The third-order valence-corrected chi connectivity index (χ3v) is 3.93. The van der Waals surface area contributed by atoms with Crippen molar-refractivity contribution in [3.8, 4) is 0 Å². The Kier molecular flexibility index (Phi) is 5.99. The summed E-state index contributed by atoms with van der Waals surface area (Å²) in [5, 5.41) is 7.01. The van der Waals surface area contributed by atoms with Crippen LogP contribution in [0.15, 0.2) is 48.5 Å². The highest BCUT2D eigenvalue weighted by molar-refractivity contribution is 7.80. The number of anilines is 3. The lowest BCUT2D eigenvalue weighted by molar-refractivity contribution is 0.704. The maximum atomic E-state index is 5.37. The fourth-order valence-electron chi connectivity index (χ4n) is 2.51. The van der Waals surface area contributed by atoms with Gasteiger partial charge in [-0.1, -0.05) is 17.7 Å². The van der Waals surface area contributed by atoms with Gasteiger partial charge in [0.05, 0.1) is 0 Å². The third kappa shape index (κ3) is 4.96. The van der Waals surface area contributed by atoms with Crippen LogP contribution in [-0.4, -0.2) is 17.7 Å². The van der Waals surface area contributed by atoms with Crippen molar-refractivity contribution < 1.29 is 0 Å². The summed E-state index contributed by atoms with van der Waals surface area (Å²) in [6.07, 6.45) is 0. The van der Waals surface area contributed by atoms with Gasteiger partial charge < -0.3 is 15.5 Å². The Morgan fingerprint density at radius 1 is 0.957 bits per heavy atom. The van der Waals surface area contributed by atoms with Crippen molar-refractivity contribution in [2.24, 2.45) is 0 Å². The smallest absolute Gasteiger partial charge is 0.175 e. The molecule has 0 aliphatic heterocycles. The van der Waals surface area contributed by atoms with Crippen LogP contribution in [0, 0.1) is 6.92 Å². The predicted molar refractivity (Wildman–Crippen MR) is 106 cm³/mol. The van der Waals surface area contributed by atoms with Gasteiger partial charge in [0, 0.05) is 29.6 Å². The highest BCUT2D eigenvalue weighted by Gasteiger charge is 2.08. The van der Waals surface area contributed by atoms with E-state index in [1.807, 2.05) is 12.1 Å². The first-order valence-electron chi connectivity index (χ1n) is 8.01. The van der Waals surface area contributed by atoms with Crippen LogP contribution in [0.1, 0.15) is 26.3 Å². The molecule has 2 N–H and O–H groups in total. The third-order valence-electron chi connectivity index (χ3n) is 3.73. The van der Waals surface area contributed by atoms with E-state index in [0.717, 1.165) is 17.9 Å². The number of hydrogen-bond donors (Lipinski definition) is 2. The summed E-state index contributed by atoms with van der Waals surface area (Å²) in [4.78, 5) is 2.35. The predicted octanol–water partition coefficient (Wildman–Crippen LogP) is 5.04. The molecule has 2 aromatic carbocycles. The molecule has 0 saturated carbocycles. The van der Waals surface area contributed by atoms with Crippen LogP contribution in [0.25, 0.3) is 0 Å². The molecule has 0 spiro atoms. The van der Waals surface area contributed by atoms with E-state index in [9.17, 15) is 0 Å². The number of rotatable bonds is 5. The number of benzene rings is 2. The van der Waals surface area contributed by atoms with E-state index in [-0.39, 0.29) is 0 Å². The first kappa shape index (κ1) is 17.3. The van der Waals surface area contributed by atoms with E-state index in [0.29, 0.717) is 11.2 Å². The molecule has 0 fully saturated rings. The molecule has 0 unspecified atom stereocenters. The summed E-state index contributed by atoms with van der Waals surface area (Å²) in [5.41, 5.74) is 4.43. The molecule has 0 amide bonds. The zero-order chi connectivity index (χ0) is 16.8. The molecular weight excluding hydrogens is 302 g/mol. The van der Waals surface area contributed by atoms with Crippen molar-refractivity contribution in [3.63, 3.8) is 0 Å². The Morgan fingerprint density at radius 3 is 1.87 bits per heavy atom. The standard InChI is InChI=1S/C19H25N3S/c1-5-22(14(2)3)18-12-10-17(11-13-18)21-19(23)20-16-8-6-15(4)7-9-16/h6-14H,5H2,1-4H3,(H2,20,21,23). The summed E-state index contributed by atoms with van der Waals surface area (Å²) in [6.45, 7) is 9.65. The molecule has 0 atom stereocenters. The summed E-state index contributed by atoms with van der Waals surface area (Å²) in [7, 11) is 0. The number of thiocarbonyl (C=S) groups is 1. The van der Waals surface area contributed by atoms with Crippen LogP contribution in [0.4, 0.5) is 17.1 Å². The number of nitrogens with zero attached hydrogens (tertiary/aromatic N) is 1. The zero-order valence-corrected chi connectivity index (χ0v) is 15.1. The van der Waals surface area contributed by atoms with Crippen molar-refractivity contribution in [2.45, 2.75) is 33.7 Å². The van der Waals surface area contributed by atoms with Crippen LogP contribution in [-0.2, 0) is 0 Å². The minimum absolute atomic E-state index is 0.489. The monoisotopic (exact) mass is 327 g/mol. The SMILES string of the molecule is CCN(c1ccc(NC(=S)Nc2ccc(C)cc2)cc1)C(C)C. The molecule has 2 aromatic rings. The van der Waals surface area contributed by atoms with Crippen LogP contribution in [0.2, 0.25) is 0 Å². The Hall–Kier alpha value is -2.07. The quantitative estimate of drug-likeness (QED) is 0.753. The molecule has 0 aromatic heterocycles. The molecule has 23 heavy (non-hydrogen) atoms. The second-order valence-electron chi connectivity index (χ2n) is 5.87. The average molecular weight is 327 g/mol. The van der Waals surface area contributed by atoms with Gasteiger partial charge >= 0.3 is 0 Å². The van der Waals surface area contributed by atoms with Crippen molar-refractivity contribution in [1.82, 2.24) is 0 Å². The second-order valence-corrected chi connectivity index (χ2v) is 6.28. The van der Waals surface area contributed by atoms with Gasteiger partial charge in [-0.25, -0.2) is 0 Å². The summed E-state index contributed by atoms with van der Waals surface area (Å²) < 4.78 is 0. The van der Waals surface area contributed by atoms with Gasteiger partial charge in [-0.15, -0.1) is 0 Å². The van der Waals surface area contributed by atoms with Gasteiger partial charge in [0.25, 0.3) is 0 Å². The second kappa shape index (κ2) is 7.97. The normalized spacial score (nSPS) is 10.5. The summed E-state index contributed by atoms with van der Waals surface area (Å²) in [5.74, 6) is 0. The Labute approximate surface area is 144 Å². The maximum Gasteiger partial charge on any atom is 0.175 e. The van der Waals surface area contributed by atoms with Crippen LogP contribution in [0.3, 0.4) is 0 Å². The first-order valence-corrected chi connectivity index (χ1v) is 8.41. The summed E-state index contributed by atoms with van der Waals surface area (Å²) >= 11 is 5.37. The van der Waals surface area contributed by atoms with Crippen LogP contribution in [0.5, 0.6) is 0 Å². The van der Waals surface area contributed by atoms with E-state index in [2.05, 4.69) is 79.6 Å². The Balaban J connectivity index is 1.97. The maximum absolute atomic E-state index is 5.37. The lowest BCUT2D eigenvalue weighted by Gasteiger charge is -2.27. The molecule has 0 radical (unpaired) electrons. The summed E-state index contributed by atoms with van der Waals surface area (Å²) in [6, 6.07) is 17.0.